The number of para-hydroxylation sites is 1. The predicted molar refractivity (Wildman–Crippen MR) is 176 cm³/mol. The highest BCUT2D eigenvalue weighted by molar-refractivity contribution is 6.01. The fourth-order valence-electron chi connectivity index (χ4n) is 5.72. The van der Waals surface area contributed by atoms with Crippen molar-refractivity contribution in [3.05, 3.63) is 59.2 Å². The van der Waals surface area contributed by atoms with E-state index in [0.717, 1.165) is 23.1 Å². The summed E-state index contributed by atoms with van der Waals surface area (Å²) >= 11 is 0. The van der Waals surface area contributed by atoms with Crippen molar-refractivity contribution in [2.75, 3.05) is 37.4 Å². The fraction of sp³-hybridized carbons (Fsp3) is 0.500. The number of benzene rings is 2. The molecule has 4 rings (SSSR count). The van der Waals surface area contributed by atoms with Crippen LogP contribution in [0.4, 0.5) is 25.0 Å². The number of ether oxygens (including phenoxy) is 2. The van der Waals surface area contributed by atoms with Gasteiger partial charge in [-0.3, -0.25) is 24.1 Å². The predicted octanol–water partition coefficient (Wildman–Crippen LogP) is 3.44. The second kappa shape index (κ2) is 15.7. The Morgan fingerprint density at radius 3 is 2.33 bits per heavy atom. The molecule has 1 saturated heterocycles. The van der Waals surface area contributed by atoms with Gasteiger partial charge in [-0.2, -0.15) is 0 Å². The molecule has 2 heterocycles. The van der Waals surface area contributed by atoms with E-state index < -0.39 is 70.8 Å². The lowest BCUT2D eigenvalue weighted by Gasteiger charge is -2.36. The summed E-state index contributed by atoms with van der Waals surface area (Å²) in [6.45, 7) is 7.29. The molecule has 5 N–H and O–H groups in total. The van der Waals surface area contributed by atoms with Gasteiger partial charge in [0.15, 0.2) is 0 Å². The van der Waals surface area contributed by atoms with Gasteiger partial charge in [0.1, 0.15) is 41.0 Å². The molecular formula is C34H44F2N6O7. The van der Waals surface area contributed by atoms with Crippen molar-refractivity contribution >= 4 is 41.1 Å². The molecule has 15 heteroatoms. The van der Waals surface area contributed by atoms with Gasteiger partial charge in [-0.05, 0) is 81.8 Å². The second-order valence-corrected chi connectivity index (χ2v) is 13.2. The molecular weight excluding hydrogens is 642 g/mol. The van der Waals surface area contributed by atoms with Gasteiger partial charge in [-0.25, -0.2) is 13.6 Å². The quantitative estimate of drug-likeness (QED) is 0.294. The van der Waals surface area contributed by atoms with Crippen molar-refractivity contribution < 1.29 is 42.2 Å². The largest absolute Gasteiger partial charge is 0.444 e. The van der Waals surface area contributed by atoms with Crippen molar-refractivity contribution in [1.29, 1.82) is 0 Å². The zero-order valence-electron chi connectivity index (χ0n) is 28.3. The third-order valence-electron chi connectivity index (χ3n) is 8.43. The van der Waals surface area contributed by atoms with Crippen LogP contribution in [-0.2, 0) is 35.2 Å². The monoisotopic (exact) mass is 686 g/mol. The van der Waals surface area contributed by atoms with E-state index >= 15 is 0 Å². The Morgan fingerprint density at radius 2 is 1.71 bits per heavy atom. The number of fused-ring (bicyclic) bond motifs is 1. The molecule has 3 atom stereocenters. The molecule has 0 radical (unpaired) electrons. The van der Waals surface area contributed by atoms with Gasteiger partial charge in [0, 0.05) is 45.5 Å². The average Bonchev–Trinajstić information content (AvgIpc) is 3.43. The molecule has 0 aliphatic carbocycles. The Hall–Kier alpha value is -4.63. The summed E-state index contributed by atoms with van der Waals surface area (Å²) in [5, 5.41) is 7.81. The van der Waals surface area contributed by atoms with Gasteiger partial charge in [0.25, 0.3) is 5.91 Å². The van der Waals surface area contributed by atoms with E-state index in [-0.39, 0.29) is 25.4 Å². The van der Waals surface area contributed by atoms with Crippen LogP contribution in [0.2, 0.25) is 0 Å². The molecule has 13 nitrogen and oxygen atoms in total. The smallest absolute Gasteiger partial charge is 0.410 e. The minimum Gasteiger partial charge on any atom is -0.444 e. The van der Waals surface area contributed by atoms with Crippen LogP contribution in [0.5, 0.6) is 0 Å². The molecule has 1 fully saturated rings. The number of anilines is 2. The highest BCUT2D eigenvalue weighted by atomic mass is 19.1. The first-order valence-corrected chi connectivity index (χ1v) is 16.1. The highest BCUT2D eigenvalue weighted by Crippen LogP contribution is 2.38. The Kier molecular flexibility index (Phi) is 11.9. The minimum absolute atomic E-state index is 0.0478. The van der Waals surface area contributed by atoms with E-state index in [1.54, 1.807) is 32.9 Å². The SMILES string of the molecule is C[C@@H](C(=O)NC(C(=O)N1Cc2ccc(NC(=O)CCN)cc2[C@H]1C(=O)Nc1c(F)cccc1F)C1CCOCC1)N(C)C(=O)OC(C)(C)C. The minimum atomic E-state index is -1.39. The van der Waals surface area contributed by atoms with Crippen molar-refractivity contribution in [2.24, 2.45) is 11.7 Å². The van der Waals surface area contributed by atoms with Crippen molar-refractivity contribution in [3.8, 4) is 0 Å². The summed E-state index contributed by atoms with van der Waals surface area (Å²) in [7, 11) is 1.41. The number of nitrogens with one attached hydrogen (secondary N) is 3. The maximum Gasteiger partial charge on any atom is 0.410 e. The molecule has 49 heavy (non-hydrogen) atoms. The number of nitrogens with two attached hydrogens (primary N) is 1. The van der Waals surface area contributed by atoms with Gasteiger partial charge in [-0.15, -0.1) is 0 Å². The molecule has 266 valence electrons. The molecule has 1 unspecified atom stereocenters. The number of likely N-dealkylation sites (N-methyl/N-ethyl adjacent to an activating group) is 1. The Labute approximate surface area is 283 Å². The van der Waals surface area contributed by atoms with E-state index in [2.05, 4.69) is 16.0 Å². The molecule has 0 aromatic heterocycles. The third kappa shape index (κ3) is 9.09. The lowest BCUT2D eigenvalue weighted by atomic mass is 9.90. The summed E-state index contributed by atoms with van der Waals surface area (Å²) in [4.78, 5) is 69.5. The number of amides is 5. The summed E-state index contributed by atoms with van der Waals surface area (Å²) < 4.78 is 40.2. The Balaban J connectivity index is 1.68. The lowest BCUT2D eigenvalue weighted by Crippen LogP contribution is -2.57. The van der Waals surface area contributed by atoms with Crippen LogP contribution in [0.3, 0.4) is 0 Å². The molecule has 5 amide bonds. The molecule has 0 saturated carbocycles. The zero-order chi connectivity index (χ0) is 36.0. The van der Waals surface area contributed by atoms with E-state index in [1.165, 1.54) is 24.9 Å². The zero-order valence-corrected chi connectivity index (χ0v) is 28.3. The summed E-state index contributed by atoms with van der Waals surface area (Å²) in [6, 6.07) is 4.33. The first-order valence-electron chi connectivity index (χ1n) is 16.1. The van der Waals surface area contributed by atoms with Gasteiger partial charge >= 0.3 is 6.09 Å². The number of halogens is 2. The van der Waals surface area contributed by atoms with Crippen LogP contribution in [0.15, 0.2) is 36.4 Å². The van der Waals surface area contributed by atoms with Gasteiger partial charge in [-0.1, -0.05) is 12.1 Å². The summed E-state index contributed by atoms with van der Waals surface area (Å²) in [5.74, 6) is -4.94. The normalized spacial score (nSPS) is 17.4. The maximum absolute atomic E-state index is 14.6. The number of carbonyl (C=O) groups is 5. The molecule has 0 bridgehead atoms. The molecule has 0 spiro atoms. The number of hydrogen-bond acceptors (Lipinski definition) is 8. The number of hydrogen-bond donors (Lipinski definition) is 4. The van der Waals surface area contributed by atoms with Crippen LogP contribution >= 0.6 is 0 Å². The molecule has 2 aliphatic rings. The van der Waals surface area contributed by atoms with Crippen molar-refractivity contribution in [2.45, 2.75) is 77.2 Å². The van der Waals surface area contributed by atoms with Crippen LogP contribution in [-0.4, -0.2) is 84.0 Å². The highest BCUT2D eigenvalue weighted by Gasteiger charge is 2.44. The Bertz CT molecular complexity index is 1560. The Morgan fingerprint density at radius 1 is 1.06 bits per heavy atom. The maximum atomic E-state index is 14.6. The van der Waals surface area contributed by atoms with E-state index in [0.29, 0.717) is 42.9 Å². The van der Waals surface area contributed by atoms with Crippen LogP contribution in [0.25, 0.3) is 0 Å². The third-order valence-corrected chi connectivity index (χ3v) is 8.43. The van der Waals surface area contributed by atoms with Gasteiger partial charge in [0.05, 0.1) is 0 Å². The van der Waals surface area contributed by atoms with Gasteiger partial charge < -0.3 is 36.1 Å². The molecule has 2 aliphatic heterocycles. The molecule has 2 aromatic carbocycles. The first kappa shape index (κ1) is 37.2. The van der Waals surface area contributed by atoms with E-state index in [1.807, 2.05) is 0 Å². The van der Waals surface area contributed by atoms with Crippen LogP contribution < -0.4 is 21.7 Å². The second-order valence-electron chi connectivity index (χ2n) is 13.2. The summed E-state index contributed by atoms with van der Waals surface area (Å²) in [5.41, 5.74) is 5.21. The molecule has 2 aromatic rings. The van der Waals surface area contributed by atoms with Crippen LogP contribution in [0.1, 0.15) is 64.1 Å². The first-order chi connectivity index (χ1) is 23.1. The average molecular weight is 687 g/mol. The number of carbonyl (C=O) groups excluding carboxylic acids is 5. The van der Waals surface area contributed by atoms with Crippen molar-refractivity contribution in [1.82, 2.24) is 15.1 Å². The lowest BCUT2D eigenvalue weighted by molar-refractivity contribution is -0.144. The topological polar surface area (TPSA) is 172 Å². The van der Waals surface area contributed by atoms with Crippen molar-refractivity contribution in [3.63, 3.8) is 0 Å². The van der Waals surface area contributed by atoms with E-state index in [4.69, 9.17) is 15.2 Å². The number of nitrogens with zero attached hydrogens (tertiary/aromatic N) is 2. The van der Waals surface area contributed by atoms with E-state index in [9.17, 15) is 32.8 Å². The fourth-order valence-corrected chi connectivity index (χ4v) is 5.72. The van der Waals surface area contributed by atoms with Gasteiger partial charge in [0.2, 0.25) is 17.7 Å². The summed E-state index contributed by atoms with van der Waals surface area (Å²) in [6.07, 6.45) is 0.155. The number of rotatable bonds is 10. The van der Waals surface area contributed by atoms with Crippen LogP contribution in [0, 0.1) is 17.6 Å². The standard InChI is InChI=1S/C34H44F2N6O7/c1-19(41(5)33(47)49-34(2,3)4)30(44)39-27(20-12-15-48-16-13-20)32(46)42-18-21-9-10-22(38-26(43)11-14-37)17-23(21)29(42)31(45)40-28-24(35)7-6-8-25(28)36/h6-10,17,19-20,27,29H,11-16,18,37H2,1-5H3,(H,38,43)(H,39,44)(H,40,45)/t19-,27?,29-/m0/s1.